The van der Waals surface area contributed by atoms with Gasteiger partial charge >= 0.3 is 0 Å². The fraction of sp³-hybridized carbons (Fsp3) is 0.714. The summed E-state index contributed by atoms with van der Waals surface area (Å²) in [6.07, 6.45) is 8.01. The first-order valence-corrected chi connectivity index (χ1v) is 6.52. The molecule has 102 valence electrons. The second kappa shape index (κ2) is 5.97. The van der Waals surface area contributed by atoms with Crippen LogP contribution in [0, 0.1) is 5.92 Å². The van der Waals surface area contributed by atoms with E-state index in [0.29, 0.717) is 19.1 Å². The highest BCUT2D eigenvalue weighted by molar-refractivity contribution is 5.17. The Bertz CT molecular complexity index is 327. The molecule has 0 aliphatic carbocycles. The molecule has 2 unspecified atom stereocenters. The van der Waals surface area contributed by atoms with Gasteiger partial charge in [0.25, 0.3) is 0 Å². The third kappa shape index (κ3) is 3.92. The zero-order chi connectivity index (χ0) is 13.0. The van der Waals surface area contributed by atoms with Crippen molar-refractivity contribution >= 4 is 0 Å². The molecule has 1 fully saturated rings. The standard InChI is InChI=1S/C14H22O4/c1-11-5-4-7-14(2,3)18-17-13(11)9-12-6-8-15-16-10-12/h4-5,7,12-13H,6,8-10H2,1-3H3/b7-4-,11-5-. The highest BCUT2D eigenvalue weighted by atomic mass is 17.2. The van der Waals surface area contributed by atoms with Crippen molar-refractivity contribution in [2.24, 2.45) is 5.92 Å². The van der Waals surface area contributed by atoms with Crippen LogP contribution in [0.15, 0.2) is 23.8 Å². The summed E-state index contributed by atoms with van der Waals surface area (Å²) in [5.74, 6) is 0.460. The Kier molecular flexibility index (Phi) is 4.56. The highest BCUT2D eigenvalue weighted by Gasteiger charge is 2.26. The third-order valence-electron chi connectivity index (χ3n) is 3.29. The van der Waals surface area contributed by atoms with Crippen LogP contribution in [0.25, 0.3) is 0 Å². The highest BCUT2D eigenvalue weighted by Crippen LogP contribution is 2.26. The van der Waals surface area contributed by atoms with Crippen LogP contribution < -0.4 is 0 Å². The lowest BCUT2D eigenvalue weighted by molar-refractivity contribution is -0.366. The zero-order valence-corrected chi connectivity index (χ0v) is 11.3. The summed E-state index contributed by atoms with van der Waals surface area (Å²) in [6.45, 7) is 7.31. The van der Waals surface area contributed by atoms with Crippen LogP contribution in [0.2, 0.25) is 0 Å². The van der Waals surface area contributed by atoms with E-state index >= 15 is 0 Å². The molecule has 2 aliphatic rings. The molecule has 0 N–H and O–H groups in total. The largest absolute Gasteiger partial charge is 0.237 e. The Morgan fingerprint density at radius 2 is 2.17 bits per heavy atom. The summed E-state index contributed by atoms with van der Waals surface area (Å²) in [5, 5.41) is 0. The molecule has 4 heteroatoms. The molecule has 0 aromatic carbocycles. The minimum atomic E-state index is -0.387. The van der Waals surface area contributed by atoms with Gasteiger partial charge in [0, 0.05) is 0 Å². The summed E-state index contributed by atoms with van der Waals surface area (Å²) in [6, 6.07) is 0. The molecule has 2 atom stereocenters. The Labute approximate surface area is 108 Å². The first-order valence-electron chi connectivity index (χ1n) is 6.52. The van der Waals surface area contributed by atoms with E-state index in [9.17, 15) is 0 Å². The Morgan fingerprint density at radius 1 is 1.33 bits per heavy atom. The van der Waals surface area contributed by atoms with Gasteiger partial charge in [0.05, 0.1) is 13.2 Å². The smallest absolute Gasteiger partial charge is 0.116 e. The Morgan fingerprint density at radius 3 is 2.89 bits per heavy atom. The van der Waals surface area contributed by atoms with Gasteiger partial charge in [0.15, 0.2) is 0 Å². The molecule has 0 aromatic rings. The summed E-state index contributed by atoms with van der Waals surface area (Å²) >= 11 is 0. The number of hydrogen-bond donors (Lipinski definition) is 0. The lowest BCUT2D eigenvalue weighted by Gasteiger charge is -2.29. The molecule has 4 nitrogen and oxygen atoms in total. The van der Waals surface area contributed by atoms with Gasteiger partial charge in [-0.1, -0.05) is 18.2 Å². The molecule has 2 rings (SSSR count). The van der Waals surface area contributed by atoms with E-state index in [4.69, 9.17) is 19.6 Å². The second-order valence-electron chi connectivity index (χ2n) is 5.54. The lowest BCUT2D eigenvalue weighted by Crippen LogP contribution is -2.30. The monoisotopic (exact) mass is 254 g/mol. The van der Waals surface area contributed by atoms with Crippen molar-refractivity contribution in [2.45, 2.75) is 45.3 Å². The maximum Gasteiger partial charge on any atom is 0.116 e. The SMILES string of the molecule is C/C1=C/C=C\C(C)(C)OOC1CC1CCOOC1. The molecule has 18 heavy (non-hydrogen) atoms. The summed E-state index contributed by atoms with van der Waals surface area (Å²) in [4.78, 5) is 21.0. The quantitative estimate of drug-likeness (QED) is 0.710. The van der Waals surface area contributed by atoms with Crippen LogP contribution in [0.5, 0.6) is 0 Å². The van der Waals surface area contributed by atoms with Gasteiger partial charge in [0.2, 0.25) is 0 Å². The molecule has 2 heterocycles. The number of hydrogen-bond acceptors (Lipinski definition) is 4. The van der Waals surface area contributed by atoms with Crippen LogP contribution in [0.3, 0.4) is 0 Å². The average Bonchev–Trinajstić information content (AvgIpc) is 2.34. The predicted octanol–water partition coefficient (Wildman–Crippen LogP) is 2.96. The molecule has 0 aromatic heterocycles. The van der Waals surface area contributed by atoms with Gasteiger partial charge in [0.1, 0.15) is 11.7 Å². The number of allylic oxidation sites excluding steroid dienone is 2. The van der Waals surface area contributed by atoms with Crippen molar-refractivity contribution in [1.29, 1.82) is 0 Å². The van der Waals surface area contributed by atoms with Gasteiger partial charge in [-0.2, -0.15) is 0 Å². The van der Waals surface area contributed by atoms with Gasteiger partial charge in [-0.15, -0.1) is 0 Å². The van der Waals surface area contributed by atoms with Crippen molar-refractivity contribution in [1.82, 2.24) is 0 Å². The van der Waals surface area contributed by atoms with Crippen molar-refractivity contribution < 1.29 is 19.6 Å². The average molecular weight is 254 g/mol. The topological polar surface area (TPSA) is 36.9 Å². The van der Waals surface area contributed by atoms with Gasteiger partial charge < -0.3 is 0 Å². The van der Waals surface area contributed by atoms with Crippen LogP contribution in [-0.2, 0) is 19.6 Å². The van der Waals surface area contributed by atoms with Crippen molar-refractivity contribution in [3.8, 4) is 0 Å². The fourth-order valence-corrected chi connectivity index (χ4v) is 2.04. The second-order valence-corrected chi connectivity index (χ2v) is 5.54. The minimum Gasteiger partial charge on any atom is -0.237 e. The molecule has 0 spiro atoms. The molecule has 2 aliphatic heterocycles. The van der Waals surface area contributed by atoms with E-state index in [1.165, 1.54) is 5.57 Å². The van der Waals surface area contributed by atoms with Gasteiger partial charge in [-0.05, 0) is 45.1 Å². The zero-order valence-electron chi connectivity index (χ0n) is 11.3. The number of rotatable bonds is 2. The van der Waals surface area contributed by atoms with E-state index in [0.717, 1.165) is 12.8 Å². The minimum absolute atomic E-state index is 0.0130. The lowest BCUT2D eigenvalue weighted by atomic mass is 9.94. The Balaban J connectivity index is 1.98. The van der Waals surface area contributed by atoms with Crippen LogP contribution in [0.1, 0.15) is 33.6 Å². The molecule has 1 saturated heterocycles. The van der Waals surface area contributed by atoms with Crippen molar-refractivity contribution in [2.75, 3.05) is 13.2 Å². The van der Waals surface area contributed by atoms with E-state index < -0.39 is 0 Å². The van der Waals surface area contributed by atoms with E-state index in [1.807, 2.05) is 26.0 Å². The predicted molar refractivity (Wildman–Crippen MR) is 67.6 cm³/mol. The molecular weight excluding hydrogens is 232 g/mol. The van der Waals surface area contributed by atoms with Crippen LogP contribution >= 0.6 is 0 Å². The first kappa shape index (κ1) is 13.7. The first-order chi connectivity index (χ1) is 8.57. The van der Waals surface area contributed by atoms with Gasteiger partial charge in [-0.25, -0.2) is 19.6 Å². The Hall–Kier alpha value is -0.680. The normalized spacial score (nSPS) is 37.2. The van der Waals surface area contributed by atoms with E-state index in [-0.39, 0.29) is 11.7 Å². The third-order valence-corrected chi connectivity index (χ3v) is 3.29. The maximum atomic E-state index is 5.60. The van der Waals surface area contributed by atoms with Gasteiger partial charge in [-0.3, -0.25) is 0 Å². The molecule has 0 bridgehead atoms. The molecular formula is C14H22O4. The van der Waals surface area contributed by atoms with Crippen LogP contribution in [0.4, 0.5) is 0 Å². The van der Waals surface area contributed by atoms with E-state index in [1.54, 1.807) is 0 Å². The molecule has 0 amide bonds. The van der Waals surface area contributed by atoms with E-state index in [2.05, 4.69) is 13.0 Å². The summed E-state index contributed by atoms with van der Waals surface area (Å²) < 4.78 is 0. The summed E-state index contributed by atoms with van der Waals surface area (Å²) in [5.41, 5.74) is 0.787. The van der Waals surface area contributed by atoms with Crippen molar-refractivity contribution in [3.05, 3.63) is 23.8 Å². The van der Waals surface area contributed by atoms with Crippen molar-refractivity contribution in [3.63, 3.8) is 0 Å². The molecule has 0 saturated carbocycles. The summed E-state index contributed by atoms with van der Waals surface area (Å²) in [7, 11) is 0. The maximum absolute atomic E-state index is 5.60. The fourth-order valence-electron chi connectivity index (χ4n) is 2.04. The van der Waals surface area contributed by atoms with Crippen LogP contribution in [-0.4, -0.2) is 24.9 Å². The molecule has 0 radical (unpaired) electrons.